The molecule has 0 amide bonds. The van der Waals surface area contributed by atoms with Crippen LogP contribution >= 0.6 is 23.5 Å². The second-order valence-corrected chi connectivity index (χ2v) is 15.4. The van der Waals surface area contributed by atoms with E-state index in [9.17, 15) is 0 Å². The highest BCUT2D eigenvalue weighted by molar-refractivity contribution is 8.00. The lowest BCUT2D eigenvalue weighted by molar-refractivity contribution is 1.16. The summed E-state index contributed by atoms with van der Waals surface area (Å²) in [5, 5.41) is 11.7. The zero-order chi connectivity index (χ0) is 38.0. The minimum atomic E-state index is 0.363. The van der Waals surface area contributed by atoms with Gasteiger partial charge in [-0.05, 0) is 90.5 Å². The standard InChI is InChI=1S/C48H36N6S2/c1-32(51-35-13-3-2-4-14-35)38(31-49)52-48(34-25-29-37(30-26-34)54-41-17-7-11-21-45(41)56-46-22-12-8-18-42(46)54)47(50)33-23-27-36(28-24-33)53-39-15-5-9-19-43(39)55-44-20-10-6-16-40(44)53/h2-31,49,51H,1,50H2/b48-47-,49-31?,52-38?. The van der Waals surface area contributed by atoms with Gasteiger partial charge >= 0.3 is 0 Å². The Morgan fingerprint density at radius 1 is 0.536 bits per heavy atom. The van der Waals surface area contributed by atoms with Crippen molar-refractivity contribution in [3.8, 4) is 0 Å². The topological polar surface area (TPSA) is 80.7 Å². The number of allylic oxidation sites excluding steroid dienone is 1. The van der Waals surface area contributed by atoms with Crippen LogP contribution in [0.2, 0.25) is 0 Å². The highest BCUT2D eigenvalue weighted by atomic mass is 32.2. The predicted octanol–water partition coefficient (Wildman–Crippen LogP) is 13.1. The second kappa shape index (κ2) is 15.2. The Hall–Kier alpha value is -6.74. The Balaban J connectivity index is 1.12. The fourth-order valence-corrected chi connectivity index (χ4v) is 9.12. The number of hydrogen-bond acceptors (Lipinski definition) is 8. The molecule has 0 unspecified atom stereocenters. The van der Waals surface area contributed by atoms with Crippen molar-refractivity contribution in [2.75, 3.05) is 15.1 Å². The van der Waals surface area contributed by atoms with Crippen molar-refractivity contribution in [1.29, 1.82) is 5.41 Å². The maximum atomic E-state index is 8.39. The molecule has 2 heterocycles. The van der Waals surface area contributed by atoms with Gasteiger partial charge in [0.2, 0.25) is 0 Å². The van der Waals surface area contributed by atoms with Crippen LogP contribution in [0, 0.1) is 5.41 Å². The number of anilines is 7. The lowest BCUT2D eigenvalue weighted by Gasteiger charge is -2.33. The molecule has 6 nitrogen and oxygen atoms in total. The third-order valence-electron chi connectivity index (χ3n) is 9.70. The van der Waals surface area contributed by atoms with Gasteiger partial charge in [0.15, 0.2) is 0 Å². The van der Waals surface area contributed by atoms with E-state index in [1.54, 1.807) is 23.5 Å². The molecular formula is C48H36N6S2. The summed E-state index contributed by atoms with van der Waals surface area (Å²) < 4.78 is 0. The van der Waals surface area contributed by atoms with E-state index in [2.05, 4.69) is 155 Å². The number of benzene rings is 7. The molecule has 0 bridgehead atoms. The number of aliphatic imine (C=N–C) groups is 1. The third kappa shape index (κ3) is 6.66. The van der Waals surface area contributed by atoms with Gasteiger partial charge in [-0.2, -0.15) is 0 Å². The molecule has 2 aliphatic rings. The lowest BCUT2D eigenvalue weighted by atomic mass is 10.0. The highest BCUT2D eigenvalue weighted by Crippen LogP contribution is 2.52. The SMILES string of the molecule is C=C(Nc1ccccc1)C(C=N)=N/C(=C(\N)c1ccc(N2c3ccccc3Sc3ccccc32)cc1)c1ccc(N2c3ccccc3Sc3ccccc32)cc1. The van der Waals surface area contributed by atoms with Crippen LogP contribution in [0.15, 0.2) is 213 Å². The van der Waals surface area contributed by atoms with E-state index in [0.29, 0.717) is 22.8 Å². The fraction of sp³-hybridized carbons (Fsp3) is 0. The van der Waals surface area contributed by atoms with Crippen LogP contribution in [0.1, 0.15) is 11.1 Å². The van der Waals surface area contributed by atoms with Crippen molar-refractivity contribution in [2.45, 2.75) is 19.6 Å². The Morgan fingerprint density at radius 3 is 1.36 bits per heavy atom. The summed E-state index contributed by atoms with van der Waals surface area (Å²) in [5.74, 6) is 0. The molecule has 0 atom stereocenters. The molecule has 7 aromatic carbocycles. The van der Waals surface area contributed by atoms with Gasteiger partial charge in [-0.15, -0.1) is 0 Å². The molecule has 0 saturated carbocycles. The molecule has 4 N–H and O–H groups in total. The number of rotatable bonds is 9. The van der Waals surface area contributed by atoms with Gasteiger partial charge in [0.05, 0.1) is 39.8 Å². The van der Waals surface area contributed by atoms with E-state index in [1.807, 2.05) is 42.5 Å². The van der Waals surface area contributed by atoms with E-state index in [-0.39, 0.29) is 0 Å². The quantitative estimate of drug-likeness (QED) is 0.100. The van der Waals surface area contributed by atoms with E-state index in [0.717, 1.165) is 50.9 Å². The summed E-state index contributed by atoms with van der Waals surface area (Å²) in [6, 6.07) is 60.3. The van der Waals surface area contributed by atoms with E-state index in [4.69, 9.17) is 16.1 Å². The first kappa shape index (κ1) is 35.0. The van der Waals surface area contributed by atoms with Gasteiger partial charge in [-0.25, -0.2) is 4.99 Å². The van der Waals surface area contributed by atoms with Crippen LogP contribution in [0.4, 0.5) is 39.8 Å². The van der Waals surface area contributed by atoms with Crippen LogP contribution in [0.25, 0.3) is 11.4 Å². The first-order valence-electron chi connectivity index (χ1n) is 18.2. The summed E-state index contributed by atoms with van der Waals surface area (Å²) >= 11 is 3.57. The number of nitrogens with two attached hydrogens (primary N) is 1. The molecular weight excluding hydrogens is 725 g/mol. The molecule has 0 spiro atoms. The van der Waals surface area contributed by atoms with Gasteiger partial charge in [0.1, 0.15) is 5.71 Å². The van der Waals surface area contributed by atoms with Crippen LogP contribution in [0.5, 0.6) is 0 Å². The highest BCUT2D eigenvalue weighted by Gasteiger charge is 2.26. The first-order chi connectivity index (χ1) is 27.6. The number of nitrogens with zero attached hydrogens (tertiary/aromatic N) is 3. The summed E-state index contributed by atoms with van der Waals surface area (Å²) in [4.78, 5) is 14.5. The zero-order valence-electron chi connectivity index (χ0n) is 30.3. The molecule has 56 heavy (non-hydrogen) atoms. The van der Waals surface area contributed by atoms with Crippen molar-refractivity contribution >= 4 is 86.7 Å². The van der Waals surface area contributed by atoms with Crippen LogP contribution < -0.4 is 20.9 Å². The van der Waals surface area contributed by atoms with Crippen LogP contribution in [-0.2, 0) is 0 Å². The molecule has 0 fully saturated rings. The summed E-state index contributed by atoms with van der Waals surface area (Å²) in [6.07, 6.45) is 1.21. The zero-order valence-corrected chi connectivity index (χ0v) is 31.9. The predicted molar refractivity (Wildman–Crippen MR) is 237 cm³/mol. The third-order valence-corrected chi connectivity index (χ3v) is 12.0. The summed E-state index contributed by atoms with van der Waals surface area (Å²) in [6.45, 7) is 4.25. The van der Waals surface area contributed by atoms with Crippen LogP contribution in [0.3, 0.4) is 0 Å². The minimum absolute atomic E-state index is 0.363. The molecule has 0 radical (unpaired) electrons. The Kier molecular flexibility index (Phi) is 9.49. The smallest absolute Gasteiger partial charge is 0.104 e. The van der Waals surface area contributed by atoms with Crippen molar-refractivity contribution in [2.24, 2.45) is 10.7 Å². The second-order valence-electron chi connectivity index (χ2n) is 13.2. The molecule has 9 rings (SSSR count). The minimum Gasteiger partial charge on any atom is -0.396 e. The van der Waals surface area contributed by atoms with Crippen LogP contribution in [-0.4, -0.2) is 11.9 Å². The maximum Gasteiger partial charge on any atom is 0.104 e. The molecule has 7 aromatic rings. The van der Waals surface area contributed by atoms with Crippen molar-refractivity contribution < 1.29 is 0 Å². The average Bonchev–Trinajstić information content (AvgIpc) is 3.25. The van der Waals surface area contributed by atoms with E-state index < -0.39 is 0 Å². The number of para-hydroxylation sites is 5. The number of fused-ring (bicyclic) bond motifs is 4. The Morgan fingerprint density at radius 2 is 0.929 bits per heavy atom. The summed E-state index contributed by atoms with van der Waals surface area (Å²) in [7, 11) is 0. The summed E-state index contributed by atoms with van der Waals surface area (Å²) in [5.41, 5.74) is 18.1. The fourth-order valence-electron chi connectivity index (χ4n) is 7.01. The van der Waals surface area contributed by atoms with Crippen molar-refractivity contribution in [3.63, 3.8) is 0 Å². The van der Waals surface area contributed by atoms with Gasteiger partial charge in [-0.3, -0.25) is 0 Å². The van der Waals surface area contributed by atoms with E-state index >= 15 is 0 Å². The normalized spacial score (nSPS) is 13.4. The first-order valence-corrected chi connectivity index (χ1v) is 19.8. The molecule has 2 aliphatic heterocycles. The molecule has 270 valence electrons. The van der Waals surface area contributed by atoms with Crippen molar-refractivity contribution in [1.82, 2.24) is 0 Å². The molecule has 0 saturated heterocycles. The van der Waals surface area contributed by atoms with Crippen molar-refractivity contribution in [3.05, 3.63) is 199 Å². The number of nitrogens with one attached hydrogen (secondary N) is 2. The number of hydrogen-bond donors (Lipinski definition) is 3. The van der Waals surface area contributed by atoms with Gasteiger partial charge < -0.3 is 26.3 Å². The monoisotopic (exact) mass is 760 g/mol. The Bertz CT molecular complexity index is 2580. The van der Waals surface area contributed by atoms with Gasteiger partial charge in [0, 0.05) is 48.4 Å². The molecule has 8 heteroatoms. The largest absolute Gasteiger partial charge is 0.396 e. The van der Waals surface area contributed by atoms with Gasteiger partial charge in [0.25, 0.3) is 0 Å². The average molecular weight is 761 g/mol. The lowest BCUT2D eigenvalue weighted by Crippen LogP contribution is -2.15. The molecule has 0 aliphatic carbocycles. The van der Waals surface area contributed by atoms with E-state index in [1.165, 1.54) is 25.8 Å². The maximum absolute atomic E-state index is 8.39. The van der Waals surface area contributed by atoms with Gasteiger partial charge in [-0.1, -0.05) is 121 Å². The molecule has 0 aromatic heterocycles. The Labute approximate surface area is 335 Å².